The summed E-state index contributed by atoms with van der Waals surface area (Å²) in [6.07, 6.45) is 3.87. The van der Waals surface area contributed by atoms with Crippen molar-refractivity contribution in [2.24, 2.45) is 0 Å². The summed E-state index contributed by atoms with van der Waals surface area (Å²) in [6.45, 7) is 6.20. The molecule has 1 aliphatic heterocycles. The second kappa shape index (κ2) is 8.02. The third kappa shape index (κ3) is 4.45. The van der Waals surface area contributed by atoms with Crippen LogP contribution in [0.3, 0.4) is 0 Å². The molecule has 4 nitrogen and oxygen atoms in total. The van der Waals surface area contributed by atoms with Crippen LogP contribution in [0.4, 0.5) is 0 Å². The summed E-state index contributed by atoms with van der Waals surface area (Å²) in [5.41, 5.74) is 1.78. The number of methoxy groups -OCH3 is 1. The fraction of sp³-hybridized carbons (Fsp3) is 0.588. The van der Waals surface area contributed by atoms with Crippen molar-refractivity contribution in [2.45, 2.75) is 38.8 Å². The van der Waals surface area contributed by atoms with Crippen molar-refractivity contribution in [3.63, 3.8) is 0 Å². The average molecular weight is 287 g/mol. The van der Waals surface area contributed by atoms with E-state index in [1.54, 1.807) is 13.2 Å². The Hall–Kier alpha value is -1.57. The van der Waals surface area contributed by atoms with Crippen LogP contribution in [0.2, 0.25) is 0 Å². The lowest BCUT2D eigenvalue weighted by molar-refractivity contribution is 0.224. The highest BCUT2D eigenvalue weighted by Gasteiger charge is 2.17. The Morgan fingerprint density at radius 3 is 2.90 bits per heavy atom. The van der Waals surface area contributed by atoms with Crippen LogP contribution in [0.25, 0.3) is 0 Å². The number of benzene rings is 1. The van der Waals surface area contributed by atoms with Crippen LogP contribution >= 0.6 is 0 Å². The number of piperidine rings is 1. The van der Waals surface area contributed by atoms with Gasteiger partial charge in [0.15, 0.2) is 0 Å². The Balaban J connectivity index is 2.04. The summed E-state index contributed by atoms with van der Waals surface area (Å²) >= 11 is 0. The maximum atomic E-state index is 9.06. The van der Waals surface area contributed by atoms with Gasteiger partial charge in [0.2, 0.25) is 0 Å². The Labute approximate surface area is 127 Å². The maximum absolute atomic E-state index is 9.06. The fourth-order valence-electron chi connectivity index (χ4n) is 2.91. The molecular weight excluding hydrogens is 262 g/mol. The highest BCUT2D eigenvalue weighted by molar-refractivity contribution is 5.42. The minimum absolute atomic E-state index is 0.587. The number of nitriles is 1. The summed E-state index contributed by atoms with van der Waals surface area (Å²) < 4.78 is 5.43. The third-order valence-corrected chi connectivity index (χ3v) is 4.14. The zero-order valence-electron chi connectivity index (χ0n) is 13.1. The van der Waals surface area contributed by atoms with Gasteiger partial charge in [0.05, 0.1) is 18.7 Å². The van der Waals surface area contributed by atoms with E-state index in [2.05, 4.69) is 23.2 Å². The molecular formula is C17H25N3O. The summed E-state index contributed by atoms with van der Waals surface area (Å²) in [7, 11) is 1.68. The lowest BCUT2D eigenvalue weighted by Gasteiger charge is -2.30. The average Bonchev–Trinajstić information content (AvgIpc) is 2.55. The molecule has 4 heteroatoms. The lowest BCUT2D eigenvalue weighted by atomic mass is 10.0. The zero-order valence-corrected chi connectivity index (χ0v) is 13.1. The Bertz CT molecular complexity index is 489. The summed E-state index contributed by atoms with van der Waals surface area (Å²) in [5.74, 6) is 0.865. The van der Waals surface area contributed by atoms with Crippen molar-refractivity contribution in [3.05, 3.63) is 29.3 Å². The quantitative estimate of drug-likeness (QED) is 0.873. The third-order valence-electron chi connectivity index (χ3n) is 4.14. The van der Waals surface area contributed by atoms with Gasteiger partial charge < -0.3 is 10.1 Å². The molecule has 1 saturated heterocycles. The van der Waals surface area contributed by atoms with Crippen molar-refractivity contribution in [1.82, 2.24) is 10.2 Å². The molecule has 1 N–H and O–H groups in total. The molecule has 1 atom stereocenters. The van der Waals surface area contributed by atoms with Gasteiger partial charge >= 0.3 is 0 Å². The van der Waals surface area contributed by atoms with Crippen LogP contribution in [0, 0.1) is 11.3 Å². The molecule has 0 aliphatic carbocycles. The first kappa shape index (κ1) is 15.8. The topological polar surface area (TPSA) is 48.3 Å². The van der Waals surface area contributed by atoms with E-state index in [0.29, 0.717) is 11.6 Å². The largest absolute Gasteiger partial charge is 0.496 e. The lowest BCUT2D eigenvalue weighted by Crippen LogP contribution is -2.43. The van der Waals surface area contributed by atoms with Crippen molar-refractivity contribution in [2.75, 3.05) is 26.7 Å². The second-order valence-corrected chi connectivity index (χ2v) is 5.61. The Kier molecular flexibility index (Phi) is 6.04. The van der Waals surface area contributed by atoms with Gasteiger partial charge in [0.25, 0.3) is 0 Å². The van der Waals surface area contributed by atoms with Crippen LogP contribution in [0.15, 0.2) is 18.2 Å². The number of hydrogen-bond donors (Lipinski definition) is 1. The fourth-order valence-corrected chi connectivity index (χ4v) is 2.91. The van der Waals surface area contributed by atoms with Crippen LogP contribution in [-0.4, -0.2) is 37.7 Å². The minimum atomic E-state index is 0.587. The SMILES string of the molecule is CCN(Cc1cc(C#N)ccc1OC)CC1CCCCN1. The van der Waals surface area contributed by atoms with E-state index in [1.807, 2.05) is 12.1 Å². The highest BCUT2D eigenvalue weighted by atomic mass is 16.5. The van der Waals surface area contributed by atoms with Crippen LogP contribution in [0.1, 0.15) is 37.3 Å². The van der Waals surface area contributed by atoms with Crippen molar-refractivity contribution >= 4 is 0 Å². The molecule has 1 unspecified atom stereocenters. The normalized spacial score (nSPS) is 18.5. The molecule has 2 rings (SSSR count). The molecule has 0 bridgehead atoms. The van der Waals surface area contributed by atoms with Crippen molar-refractivity contribution in [3.8, 4) is 11.8 Å². The molecule has 0 saturated carbocycles. The van der Waals surface area contributed by atoms with Gasteiger partial charge in [-0.2, -0.15) is 5.26 Å². The predicted molar refractivity (Wildman–Crippen MR) is 84.3 cm³/mol. The van der Waals surface area contributed by atoms with E-state index in [0.717, 1.165) is 37.5 Å². The van der Waals surface area contributed by atoms with Gasteiger partial charge in [-0.15, -0.1) is 0 Å². The molecule has 1 aromatic rings. The minimum Gasteiger partial charge on any atom is -0.496 e. The van der Waals surface area contributed by atoms with E-state index in [1.165, 1.54) is 19.3 Å². The molecule has 0 amide bonds. The Morgan fingerprint density at radius 2 is 2.29 bits per heavy atom. The smallest absolute Gasteiger partial charge is 0.123 e. The van der Waals surface area contributed by atoms with Gasteiger partial charge in [-0.1, -0.05) is 13.3 Å². The molecule has 114 valence electrons. The first-order valence-electron chi connectivity index (χ1n) is 7.79. The molecule has 1 aliphatic rings. The number of nitrogens with one attached hydrogen (secondary N) is 1. The molecule has 0 spiro atoms. The van der Waals surface area contributed by atoms with E-state index < -0.39 is 0 Å². The standard InChI is InChI=1S/C17H25N3O/c1-3-20(13-16-6-4-5-9-19-16)12-15-10-14(11-18)7-8-17(15)21-2/h7-8,10,16,19H,3-6,9,12-13H2,1-2H3. The summed E-state index contributed by atoms with van der Waals surface area (Å²) in [5, 5.41) is 12.7. The van der Waals surface area contributed by atoms with Crippen molar-refractivity contribution in [1.29, 1.82) is 5.26 Å². The van der Waals surface area contributed by atoms with E-state index in [9.17, 15) is 0 Å². The Morgan fingerprint density at radius 1 is 1.43 bits per heavy atom. The molecule has 1 aromatic carbocycles. The summed E-state index contributed by atoms with van der Waals surface area (Å²) in [4.78, 5) is 2.42. The maximum Gasteiger partial charge on any atom is 0.123 e. The molecule has 1 heterocycles. The van der Waals surface area contributed by atoms with Crippen molar-refractivity contribution < 1.29 is 4.74 Å². The molecule has 1 fully saturated rings. The van der Waals surface area contributed by atoms with E-state index in [-0.39, 0.29) is 0 Å². The molecule has 21 heavy (non-hydrogen) atoms. The summed E-state index contributed by atoms with van der Waals surface area (Å²) in [6, 6.07) is 8.43. The van der Waals surface area contributed by atoms with Gasteiger partial charge in [0.1, 0.15) is 5.75 Å². The van der Waals surface area contributed by atoms with E-state index >= 15 is 0 Å². The second-order valence-electron chi connectivity index (χ2n) is 5.61. The number of ether oxygens (including phenoxy) is 1. The van der Waals surface area contributed by atoms with E-state index in [4.69, 9.17) is 10.00 Å². The predicted octanol–water partition coefficient (Wildman–Crippen LogP) is 2.53. The highest BCUT2D eigenvalue weighted by Crippen LogP contribution is 2.22. The van der Waals surface area contributed by atoms with Gasteiger partial charge in [0, 0.05) is 24.7 Å². The first-order valence-corrected chi connectivity index (χ1v) is 7.79. The zero-order chi connectivity index (χ0) is 15.1. The van der Waals surface area contributed by atoms with Gasteiger partial charge in [-0.25, -0.2) is 0 Å². The van der Waals surface area contributed by atoms with Crippen LogP contribution in [-0.2, 0) is 6.54 Å². The van der Waals surface area contributed by atoms with Crippen LogP contribution < -0.4 is 10.1 Å². The molecule has 0 radical (unpaired) electrons. The monoisotopic (exact) mass is 287 g/mol. The van der Waals surface area contributed by atoms with Gasteiger partial charge in [-0.05, 0) is 44.1 Å². The number of nitrogens with zero attached hydrogens (tertiary/aromatic N) is 2. The molecule has 0 aromatic heterocycles. The van der Waals surface area contributed by atoms with Gasteiger partial charge in [-0.3, -0.25) is 4.90 Å². The number of hydrogen-bond acceptors (Lipinski definition) is 4. The number of likely N-dealkylation sites (N-methyl/N-ethyl adjacent to an activating group) is 1. The number of rotatable bonds is 6. The van der Waals surface area contributed by atoms with Crippen LogP contribution in [0.5, 0.6) is 5.75 Å². The first-order chi connectivity index (χ1) is 10.3.